The number of hydrogen-bond donors (Lipinski definition) is 3. The third-order valence-electron chi connectivity index (χ3n) is 8.64. The molecule has 240 valence electrons. The Hall–Kier alpha value is -5.08. The molecule has 3 amide bonds. The van der Waals surface area contributed by atoms with Gasteiger partial charge in [0.15, 0.2) is 11.5 Å². The zero-order valence-electron chi connectivity index (χ0n) is 26.3. The molecule has 1 aliphatic heterocycles. The minimum atomic E-state index is -0.367. The van der Waals surface area contributed by atoms with Gasteiger partial charge in [-0.3, -0.25) is 14.4 Å². The number of carbonyl (C=O) groups excluding carboxylic acids is 3. The van der Waals surface area contributed by atoms with E-state index in [2.05, 4.69) is 21.6 Å². The van der Waals surface area contributed by atoms with Gasteiger partial charge in [0.1, 0.15) is 0 Å². The maximum Gasteiger partial charge on any atom is 0.255 e. The second-order valence-electron chi connectivity index (χ2n) is 11.7. The lowest BCUT2D eigenvalue weighted by Crippen LogP contribution is -2.40. The molecular formula is C35H40N6O5. The van der Waals surface area contributed by atoms with Gasteiger partial charge in [0.2, 0.25) is 0 Å². The topological polar surface area (TPSA) is 150 Å². The molecule has 0 bridgehead atoms. The highest BCUT2D eigenvalue weighted by atomic mass is 16.5. The van der Waals surface area contributed by atoms with Crippen LogP contribution in [-0.4, -0.2) is 75.1 Å². The van der Waals surface area contributed by atoms with Crippen molar-refractivity contribution in [2.75, 3.05) is 50.6 Å². The van der Waals surface area contributed by atoms with E-state index in [0.717, 1.165) is 31.4 Å². The summed E-state index contributed by atoms with van der Waals surface area (Å²) in [5.74, 6) is 0.267. The number of ether oxygens (including phenoxy) is 2. The second kappa shape index (κ2) is 14.8. The predicted octanol–water partition coefficient (Wildman–Crippen LogP) is 4.18. The zero-order valence-corrected chi connectivity index (χ0v) is 26.3. The highest BCUT2D eigenvalue weighted by Crippen LogP contribution is 2.32. The van der Waals surface area contributed by atoms with Gasteiger partial charge in [-0.2, -0.15) is 5.26 Å². The molecule has 1 heterocycles. The summed E-state index contributed by atoms with van der Waals surface area (Å²) in [6.07, 6.45) is 4.11. The van der Waals surface area contributed by atoms with Crippen LogP contribution in [0.1, 0.15) is 68.7 Å². The van der Waals surface area contributed by atoms with E-state index < -0.39 is 0 Å². The molecule has 11 heteroatoms. The number of methoxy groups -OCH3 is 2. The summed E-state index contributed by atoms with van der Waals surface area (Å²) in [6, 6.07) is 19.2. The molecule has 5 rings (SSSR count). The summed E-state index contributed by atoms with van der Waals surface area (Å²) in [7, 11) is 3.04. The van der Waals surface area contributed by atoms with Gasteiger partial charge in [0.25, 0.3) is 17.7 Å². The fourth-order valence-electron chi connectivity index (χ4n) is 5.99. The molecule has 1 saturated carbocycles. The Kier molecular flexibility index (Phi) is 10.4. The van der Waals surface area contributed by atoms with Gasteiger partial charge >= 0.3 is 0 Å². The van der Waals surface area contributed by atoms with Crippen LogP contribution in [0.2, 0.25) is 0 Å². The minimum absolute atomic E-state index is 0.0574. The normalized spacial score (nSPS) is 18.1. The first kappa shape index (κ1) is 32.3. The summed E-state index contributed by atoms with van der Waals surface area (Å²) >= 11 is 0. The number of nitrogens with one attached hydrogen (secondary N) is 2. The van der Waals surface area contributed by atoms with Crippen LogP contribution in [0.4, 0.5) is 11.4 Å². The van der Waals surface area contributed by atoms with Crippen molar-refractivity contribution in [1.29, 1.82) is 5.26 Å². The van der Waals surface area contributed by atoms with Crippen LogP contribution in [0.15, 0.2) is 60.7 Å². The predicted molar refractivity (Wildman–Crippen MR) is 176 cm³/mol. The average Bonchev–Trinajstić information content (AvgIpc) is 3.35. The van der Waals surface area contributed by atoms with Crippen molar-refractivity contribution >= 4 is 29.1 Å². The van der Waals surface area contributed by atoms with Crippen molar-refractivity contribution in [2.24, 2.45) is 5.73 Å². The molecule has 4 N–H and O–H groups in total. The molecule has 0 aromatic heterocycles. The number of nitriles is 1. The van der Waals surface area contributed by atoms with Gasteiger partial charge in [-0.05, 0) is 92.8 Å². The molecule has 0 unspecified atom stereocenters. The molecule has 1 aliphatic carbocycles. The lowest BCUT2D eigenvalue weighted by Gasteiger charge is -2.28. The molecule has 0 atom stereocenters. The van der Waals surface area contributed by atoms with E-state index in [9.17, 15) is 14.4 Å². The van der Waals surface area contributed by atoms with E-state index in [1.54, 1.807) is 59.5 Å². The highest BCUT2D eigenvalue weighted by Gasteiger charge is 2.25. The van der Waals surface area contributed by atoms with Gasteiger partial charge in [0, 0.05) is 55.0 Å². The van der Waals surface area contributed by atoms with Crippen molar-refractivity contribution < 1.29 is 23.9 Å². The van der Waals surface area contributed by atoms with Crippen molar-refractivity contribution in [3.63, 3.8) is 0 Å². The Morgan fingerprint density at radius 1 is 0.804 bits per heavy atom. The Balaban J connectivity index is 1.38. The first-order valence-electron chi connectivity index (χ1n) is 15.6. The first-order chi connectivity index (χ1) is 22.3. The molecule has 46 heavy (non-hydrogen) atoms. The quantitative estimate of drug-likeness (QED) is 0.338. The molecule has 11 nitrogen and oxygen atoms in total. The van der Waals surface area contributed by atoms with E-state index in [0.29, 0.717) is 72.0 Å². The fourth-order valence-corrected chi connectivity index (χ4v) is 5.99. The van der Waals surface area contributed by atoms with Gasteiger partial charge < -0.3 is 35.6 Å². The minimum Gasteiger partial charge on any atom is -0.493 e. The summed E-state index contributed by atoms with van der Waals surface area (Å²) in [5.41, 5.74) is 9.13. The molecule has 3 aromatic carbocycles. The number of rotatable bonds is 8. The number of nitrogens with two attached hydrogens (primary N) is 1. The average molecular weight is 625 g/mol. The summed E-state index contributed by atoms with van der Waals surface area (Å²) in [6.45, 7) is 2.20. The Bertz CT molecular complexity index is 1610. The molecule has 0 spiro atoms. The zero-order chi connectivity index (χ0) is 32.6. The van der Waals surface area contributed by atoms with Crippen LogP contribution >= 0.6 is 0 Å². The summed E-state index contributed by atoms with van der Waals surface area (Å²) < 4.78 is 10.7. The number of hydrogen-bond acceptors (Lipinski definition) is 8. The van der Waals surface area contributed by atoms with Crippen LogP contribution in [0, 0.1) is 11.3 Å². The first-order valence-corrected chi connectivity index (χ1v) is 15.6. The Labute approximate surface area is 269 Å². The highest BCUT2D eigenvalue weighted by molar-refractivity contribution is 6.07. The summed E-state index contributed by atoms with van der Waals surface area (Å²) in [4.78, 5) is 44.1. The van der Waals surface area contributed by atoms with Gasteiger partial charge in [-0.1, -0.05) is 0 Å². The van der Waals surface area contributed by atoms with E-state index in [-0.39, 0.29) is 29.8 Å². The van der Waals surface area contributed by atoms with Gasteiger partial charge in [-0.15, -0.1) is 0 Å². The van der Waals surface area contributed by atoms with Gasteiger partial charge in [-0.25, -0.2) is 0 Å². The van der Waals surface area contributed by atoms with E-state index >= 15 is 0 Å². The third kappa shape index (κ3) is 7.58. The van der Waals surface area contributed by atoms with Crippen LogP contribution < -0.4 is 30.7 Å². The lowest BCUT2D eigenvalue weighted by atomic mass is 9.91. The van der Waals surface area contributed by atoms with Crippen molar-refractivity contribution in [3.05, 3.63) is 82.9 Å². The molecule has 2 aliphatic rings. The third-order valence-corrected chi connectivity index (χ3v) is 8.64. The number of anilines is 2. The smallest absolute Gasteiger partial charge is 0.255 e. The van der Waals surface area contributed by atoms with Crippen molar-refractivity contribution in [1.82, 2.24) is 10.2 Å². The maximum atomic E-state index is 13.5. The van der Waals surface area contributed by atoms with E-state index in [1.165, 1.54) is 14.2 Å². The Morgan fingerprint density at radius 2 is 1.48 bits per heavy atom. The summed E-state index contributed by atoms with van der Waals surface area (Å²) in [5, 5.41) is 15.3. The van der Waals surface area contributed by atoms with Gasteiger partial charge in [0.05, 0.1) is 37.2 Å². The Morgan fingerprint density at radius 3 is 2.17 bits per heavy atom. The molecular weight excluding hydrogens is 584 g/mol. The van der Waals surface area contributed by atoms with E-state index in [4.69, 9.17) is 20.5 Å². The SMILES string of the molecule is COc1ccc(C(=O)Nc2cc(C(=O)NC3CCC(N)CC3)ccc2N2CCCN(C(=O)c3ccc(C#N)cc3)CC2)cc1OC. The number of amides is 3. The number of carbonyl (C=O) groups is 3. The van der Waals surface area contributed by atoms with Crippen molar-refractivity contribution in [2.45, 2.75) is 44.2 Å². The van der Waals surface area contributed by atoms with Crippen LogP contribution in [0.3, 0.4) is 0 Å². The lowest BCUT2D eigenvalue weighted by molar-refractivity contribution is 0.0766. The second-order valence-corrected chi connectivity index (χ2v) is 11.7. The molecule has 3 aromatic rings. The molecule has 2 fully saturated rings. The monoisotopic (exact) mass is 624 g/mol. The maximum absolute atomic E-state index is 13.5. The molecule has 0 radical (unpaired) electrons. The standard InChI is InChI=1S/C35H40N6O5/c1-45-31-15-9-26(21-32(31)46-2)34(43)39-29-20-25(33(42)38-28-12-10-27(37)11-13-28)8-14-30(29)40-16-3-17-41(19-18-40)35(44)24-6-4-23(22-36)5-7-24/h4-9,14-15,20-21,27-28H,3,10-13,16-19,37H2,1-2H3,(H,38,42)(H,39,43). The largest absolute Gasteiger partial charge is 0.493 e. The van der Waals surface area contributed by atoms with E-state index in [1.807, 2.05) is 6.07 Å². The van der Waals surface area contributed by atoms with Crippen LogP contribution in [0.5, 0.6) is 11.5 Å². The van der Waals surface area contributed by atoms with Crippen LogP contribution in [-0.2, 0) is 0 Å². The number of nitrogens with zero attached hydrogens (tertiary/aromatic N) is 3. The fraction of sp³-hybridized carbons (Fsp3) is 0.371. The molecule has 1 saturated heterocycles. The van der Waals surface area contributed by atoms with Crippen molar-refractivity contribution in [3.8, 4) is 17.6 Å². The van der Waals surface area contributed by atoms with Crippen LogP contribution in [0.25, 0.3) is 0 Å². The number of benzene rings is 3.